The van der Waals surface area contributed by atoms with E-state index in [1.807, 2.05) is 52.0 Å². The van der Waals surface area contributed by atoms with Gasteiger partial charge in [0.25, 0.3) is 11.5 Å². The summed E-state index contributed by atoms with van der Waals surface area (Å²) < 4.78 is 2.08. The lowest BCUT2D eigenvalue weighted by Crippen LogP contribution is -2.47. The van der Waals surface area contributed by atoms with Crippen molar-refractivity contribution in [1.82, 2.24) is 19.7 Å². The summed E-state index contributed by atoms with van der Waals surface area (Å²) in [6.07, 6.45) is 0.691. The van der Waals surface area contributed by atoms with E-state index in [2.05, 4.69) is 10.4 Å². The van der Waals surface area contributed by atoms with E-state index in [0.717, 1.165) is 25.9 Å². The lowest BCUT2D eigenvalue weighted by Gasteiger charge is -2.15. The highest BCUT2D eigenvalue weighted by atomic mass is 35.5. The normalized spacial score (nSPS) is 11.9. The van der Waals surface area contributed by atoms with E-state index in [9.17, 15) is 14.4 Å². The van der Waals surface area contributed by atoms with Crippen LogP contribution in [0.2, 0.25) is 5.02 Å². The molecular weight excluding hydrogens is 416 g/mol. The first kappa shape index (κ1) is 22.5. The Morgan fingerprint density at radius 2 is 1.90 bits per heavy atom. The Hall–Kier alpha value is -3.19. The standard InChI is InChI=1S/C23H25ClN4O3/c1-5-16(4)25-21(29)20-22(30)27(13-17-8-6-7-14(2)11-17)23(31)28(26-20)18-10-9-15(3)19(24)12-18/h6-12,16H,5,13H2,1-4H3,(H,25,29)/t16-/m1/s1. The third-order valence-corrected chi connectivity index (χ3v) is 5.50. The second kappa shape index (κ2) is 9.31. The Kier molecular flexibility index (Phi) is 6.75. The average Bonchev–Trinajstić information content (AvgIpc) is 2.73. The minimum absolute atomic E-state index is 0.0189. The number of benzene rings is 2. The minimum Gasteiger partial charge on any atom is -0.348 e. The number of rotatable bonds is 6. The first-order chi connectivity index (χ1) is 14.7. The van der Waals surface area contributed by atoms with E-state index < -0.39 is 17.2 Å². The summed E-state index contributed by atoms with van der Waals surface area (Å²) in [6.45, 7) is 7.54. The molecule has 8 heteroatoms. The first-order valence-corrected chi connectivity index (χ1v) is 10.5. The van der Waals surface area contributed by atoms with Gasteiger partial charge in [-0.15, -0.1) is 0 Å². The Morgan fingerprint density at radius 1 is 1.16 bits per heavy atom. The second-order valence-electron chi connectivity index (χ2n) is 7.64. The molecule has 1 aromatic heterocycles. The number of amides is 1. The highest BCUT2D eigenvalue weighted by Crippen LogP contribution is 2.18. The summed E-state index contributed by atoms with van der Waals surface area (Å²) in [4.78, 5) is 39.1. The zero-order valence-corrected chi connectivity index (χ0v) is 18.7. The predicted octanol–water partition coefficient (Wildman–Crippen LogP) is 3.24. The van der Waals surface area contributed by atoms with Crippen molar-refractivity contribution >= 4 is 17.5 Å². The van der Waals surface area contributed by atoms with Gasteiger partial charge in [-0.05, 0) is 50.5 Å². The van der Waals surface area contributed by atoms with Crippen LogP contribution >= 0.6 is 11.6 Å². The van der Waals surface area contributed by atoms with Crippen molar-refractivity contribution in [3.63, 3.8) is 0 Å². The van der Waals surface area contributed by atoms with Crippen LogP contribution in [0, 0.1) is 13.8 Å². The van der Waals surface area contributed by atoms with E-state index in [4.69, 9.17) is 11.6 Å². The molecule has 0 aliphatic carbocycles. The molecule has 3 aromatic rings. The first-order valence-electron chi connectivity index (χ1n) is 10.1. The molecule has 31 heavy (non-hydrogen) atoms. The Bertz CT molecular complexity index is 1250. The van der Waals surface area contributed by atoms with E-state index >= 15 is 0 Å². The number of aromatic nitrogens is 3. The summed E-state index contributed by atoms with van der Waals surface area (Å²) in [7, 11) is 0. The summed E-state index contributed by atoms with van der Waals surface area (Å²) in [5.74, 6) is -0.621. The maximum atomic E-state index is 13.2. The van der Waals surface area contributed by atoms with E-state index in [1.54, 1.807) is 18.2 Å². The van der Waals surface area contributed by atoms with Crippen molar-refractivity contribution in [2.45, 2.75) is 46.7 Å². The molecule has 0 aliphatic rings. The highest BCUT2D eigenvalue weighted by molar-refractivity contribution is 6.31. The van der Waals surface area contributed by atoms with Gasteiger partial charge in [-0.3, -0.25) is 14.2 Å². The van der Waals surface area contributed by atoms with Gasteiger partial charge in [0, 0.05) is 11.1 Å². The smallest absolute Gasteiger partial charge is 0.348 e. The number of hydrogen-bond donors (Lipinski definition) is 1. The summed E-state index contributed by atoms with van der Waals surface area (Å²) in [5.41, 5.74) is 1.25. The molecule has 2 aromatic carbocycles. The van der Waals surface area contributed by atoms with Gasteiger partial charge in [0.1, 0.15) is 0 Å². The van der Waals surface area contributed by atoms with Crippen LogP contribution in [0.25, 0.3) is 5.69 Å². The number of carbonyl (C=O) groups excluding carboxylic acids is 1. The third kappa shape index (κ3) is 4.94. The van der Waals surface area contributed by atoms with Crippen LogP contribution in [0.3, 0.4) is 0 Å². The van der Waals surface area contributed by atoms with Gasteiger partial charge in [0.15, 0.2) is 0 Å². The molecule has 0 spiro atoms. The molecule has 0 saturated carbocycles. The molecule has 0 unspecified atom stereocenters. The SMILES string of the molecule is CC[C@@H](C)NC(=O)c1nn(-c2ccc(C)c(Cl)c2)c(=O)n(Cc2cccc(C)c2)c1=O. The van der Waals surface area contributed by atoms with Gasteiger partial charge in [-0.25, -0.2) is 4.79 Å². The summed E-state index contributed by atoms with van der Waals surface area (Å²) in [6, 6.07) is 12.4. The molecule has 7 nitrogen and oxygen atoms in total. The molecule has 0 radical (unpaired) electrons. The van der Waals surface area contributed by atoms with E-state index in [0.29, 0.717) is 17.1 Å². The van der Waals surface area contributed by atoms with Crippen LogP contribution in [-0.2, 0) is 6.54 Å². The summed E-state index contributed by atoms with van der Waals surface area (Å²) >= 11 is 6.23. The predicted molar refractivity (Wildman–Crippen MR) is 121 cm³/mol. The third-order valence-electron chi connectivity index (χ3n) is 5.09. The molecule has 1 atom stereocenters. The number of aryl methyl sites for hydroxylation is 2. The zero-order valence-electron chi connectivity index (χ0n) is 18.0. The monoisotopic (exact) mass is 440 g/mol. The Morgan fingerprint density at radius 3 is 2.55 bits per heavy atom. The van der Waals surface area contributed by atoms with E-state index in [1.165, 1.54) is 0 Å². The lowest BCUT2D eigenvalue weighted by atomic mass is 10.1. The summed E-state index contributed by atoms with van der Waals surface area (Å²) in [5, 5.41) is 7.32. The maximum Gasteiger partial charge on any atom is 0.352 e. The van der Waals surface area contributed by atoms with Crippen LogP contribution in [0.4, 0.5) is 0 Å². The molecule has 0 aliphatic heterocycles. The van der Waals surface area contributed by atoms with Crippen LogP contribution in [0.15, 0.2) is 52.1 Å². The van der Waals surface area contributed by atoms with Crippen LogP contribution < -0.4 is 16.6 Å². The van der Waals surface area contributed by atoms with Crippen LogP contribution in [-0.4, -0.2) is 26.3 Å². The van der Waals surface area contributed by atoms with Gasteiger partial charge in [-0.1, -0.05) is 54.4 Å². The second-order valence-corrected chi connectivity index (χ2v) is 8.05. The van der Waals surface area contributed by atoms with Crippen molar-refractivity contribution < 1.29 is 4.79 Å². The van der Waals surface area contributed by atoms with Crippen molar-refractivity contribution in [3.05, 3.63) is 90.7 Å². The number of nitrogens with one attached hydrogen (secondary N) is 1. The maximum absolute atomic E-state index is 13.2. The molecule has 0 saturated heterocycles. The number of hydrogen-bond acceptors (Lipinski definition) is 4. The molecule has 0 fully saturated rings. The highest BCUT2D eigenvalue weighted by Gasteiger charge is 2.21. The zero-order chi connectivity index (χ0) is 22.7. The molecule has 0 bridgehead atoms. The molecule has 1 heterocycles. The minimum atomic E-state index is -0.734. The number of nitrogens with zero attached hydrogens (tertiary/aromatic N) is 3. The van der Waals surface area contributed by atoms with Gasteiger partial charge < -0.3 is 5.32 Å². The van der Waals surface area contributed by atoms with Gasteiger partial charge in [0.05, 0.1) is 12.2 Å². The van der Waals surface area contributed by atoms with Crippen LogP contribution in [0.1, 0.15) is 47.4 Å². The largest absolute Gasteiger partial charge is 0.352 e. The Balaban J connectivity index is 2.21. The van der Waals surface area contributed by atoms with Crippen molar-refractivity contribution in [3.8, 4) is 5.69 Å². The molecule has 1 N–H and O–H groups in total. The van der Waals surface area contributed by atoms with Crippen molar-refractivity contribution in [2.75, 3.05) is 0 Å². The molecular formula is C23H25ClN4O3. The van der Waals surface area contributed by atoms with Crippen molar-refractivity contribution in [1.29, 1.82) is 0 Å². The lowest BCUT2D eigenvalue weighted by molar-refractivity contribution is 0.0929. The van der Waals surface area contributed by atoms with Gasteiger partial charge in [-0.2, -0.15) is 9.78 Å². The van der Waals surface area contributed by atoms with Crippen LogP contribution in [0.5, 0.6) is 0 Å². The Labute approximate surface area is 185 Å². The molecule has 162 valence electrons. The van der Waals surface area contributed by atoms with Crippen molar-refractivity contribution in [2.24, 2.45) is 0 Å². The quantitative estimate of drug-likeness (QED) is 0.637. The molecule has 3 rings (SSSR count). The van der Waals surface area contributed by atoms with Gasteiger partial charge >= 0.3 is 5.69 Å². The molecule has 1 amide bonds. The number of carbonyl (C=O) groups is 1. The van der Waals surface area contributed by atoms with E-state index in [-0.39, 0.29) is 18.3 Å². The average molecular weight is 441 g/mol. The number of halogens is 1. The fourth-order valence-electron chi connectivity index (χ4n) is 3.07. The fourth-order valence-corrected chi connectivity index (χ4v) is 3.24. The van der Waals surface area contributed by atoms with Gasteiger partial charge in [0.2, 0.25) is 5.69 Å². The topological polar surface area (TPSA) is 86.0 Å². The fraction of sp³-hybridized carbons (Fsp3) is 0.304.